The fourth-order valence-corrected chi connectivity index (χ4v) is 2.91. The van der Waals surface area contributed by atoms with Gasteiger partial charge in [-0.2, -0.15) is 5.10 Å². The molecule has 8 heteroatoms. The second kappa shape index (κ2) is 6.83. The highest BCUT2D eigenvalue weighted by Gasteiger charge is 2.23. The molecular formula is C10H20N4O3S. The Balaban J connectivity index is 2.89. The Hall–Kier alpha value is -0.960. The van der Waals surface area contributed by atoms with Crippen molar-refractivity contribution in [3.8, 4) is 0 Å². The molecule has 0 aliphatic rings. The molecule has 7 nitrogen and oxygen atoms in total. The SMILES string of the molecule is CCNCc1n[nH]c(C)c1S(=O)(=O)NCCOC. The second-order valence-corrected chi connectivity index (χ2v) is 5.50. The van der Waals surface area contributed by atoms with Crippen LogP contribution in [0.4, 0.5) is 0 Å². The first-order chi connectivity index (χ1) is 8.53. The topological polar surface area (TPSA) is 96.1 Å². The monoisotopic (exact) mass is 276 g/mol. The number of H-pyrrole nitrogens is 1. The average Bonchev–Trinajstić information content (AvgIpc) is 2.68. The zero-order valence-electron chi connectivity index (χ0n) is 10.9. The number of aryl methyl sites for hydroxylation is 1. The summed E-state index contributed by atoms with van der Waals surface area (Å²) in [6, 6.07) is 0. The number of hydrogen-bond donors (Lipinski definition) is 3. The van der Waals surface area contributed by atoms with E-state index in [1.165, 1.54) is 7.11 Å². The number of aromatic amines is 1. The molecule has 0 spiro atoms. The van der Waals surface area contributed by atoms with Crippen LogP contribution < -0.4 is 10.0 Å². The molecule has 0 saturated carbocycles. The zero-order valence-corrected chi connectivity index (χ0v) is 11.7. The number of methoxy groups -OCH3 is 1. The Bertz CT molecular complexity index is 469. The van der Waals surface area contributed by atoms with Gasteiger partial charge in [0.15, 0.2) is 0 Å². The molecule has 0 aromatic carbocycles. The van der Waals surface area contributed by atoms with Crippen molar-refractivity contribution < 1.29 is 13.2 Å². The lowest BCUT2D eigenvalue weighted by Crippen LogP contribution is -2.28. The first-order valence-corrected chi connectivity index (χ1v) is 7.24. The molecule has 0 unspecified atom stereocenters. The molecule has 1 aromatic rings. The van der Waals surface area contributed by atoms with Crippen molar-refractivity contribution in [1.29, 1.82) is 0 Å². The number of nitrogens with zero attached hydrogens (tertiary/aromatic N) is 1. The third kappa shape index (κ3) is 3.77. The van der Waals surface area contributed by atoms with E-state index in [0.717, 1.165) is 6.54 Å². The van der Waals surface area contributed by atoms with Gasteiger partial charge in [0.1, 0.15) is 4.90 Å². The molecule has 18 heavy (non-hydrogen) atoms. The van der Waals surface area contributed by atoms with E-state index in [4.69, 9.17) is 4.74 Å². The van der Waals surface area contributed by atoms with Crippen molar-refractivity contribution in [2.45, 2.75) is 25.3 Å². The minimum absolute atomic E-state index is 0.222. The number of aromatic nitrogens is 2. The van der Waals surface area contributed by atoms with Crippen molar-refractivity contribution in [1.82, 2.24) is 20.2 Å². The predicted molar refractivity (Wildman–Crippen MR) is 67.8 cm³/mol. The van der Waals surface area contributed by atoms with Crippen molar-refractivity contribution in [3.63, 3.8) is 0 Å². The standard InChI is InChI=1S/C10H20N4O3S/c1-4-11-7-9-10(8(2)13-14-9)18(15,16)12-5-6-17-3/h11-12H,4-7H2,1-3H3,(H,13,14). The van der Waals surface area contributed by atoms with Crippen LogP contribution in [0.1, 0.15) is 18.3 Å². The molecule has 0 fully saturated rings. The van der Waals surface area contributed by atoms with E-state index in [-0.39, 0.29) is 11.4 Å². The van der Waals surface area contributed by atoms with E-state index in [2.05, 4.69) is 20.2 Å². The van der Waals surface area contributed by atoms with Crippen LogP contribution in [0.25, 0.3) is 0 Å². The van der Waals surface area contributed by atoms with E-state index in [1.54, 1.807) is 6.92 Å². The van der Waals surface area contributed by atoms with E-state index < -0.39 is 10.0 Å². The van der Waals surface area contributed by atoms with Crippen molar-refractivity contribution in [2.75, 3.05) is 26.8 Å². The van der Waals surface area contributed by atoms with Gasteiger partial charge in [0.05, 0.1) is 18.0 Å². The second-order valence-electron chi connectivity index (χ2n) is 3.80. The van der Waals surface area contributed by atoms with E-state index in [9.17, 15) is 8.42 Å². The summed E-state index contributed by atoms with van der Waals surface area (Å²) in [4.78, 5) is 0.222. The van der Waals surface area contributed by atoms with Gasteiger partial charge in [-0.05, 0) is 13.5 Å². The van der Waals surface area contributed by atoms with Crippen LogP contribution in [-0.2, 0) is 21.3 Å². The molecule has 1 heterocycles. The van der Waals surface area contributed by atoms with Gasteiger partial charge < -0.3 is 10.1 Å². The predicted octanol–water partition coefficient (Wildman–Crippen LogP) is -0.248. The fraction of sp³-hybridized carbons (Fsp3) is 0.700. The average molecular weight is 276 g/mol. The van der Waals surface area contributed by atoms with Crippen molar-refractivity contribution >= 4 is 10.0 Å². The third-order valence-corrected chi connectivity index (χ3v) is 4.03. The number of nitrogens with one attached hydrogen (secondary N) is 3. The van der Waals surface area contributed by atoms with Crippen LogP contribution in [0.3, 0.4) is 0 Å². The Morgan fingerprint density at radius 3 is 2.78 bits per heavy atom. The van der Waals surface area contributed by atoms with E-state index in [1.807, 2.05) is 6.92 Å². The van der Waals surface area contributed by atoms with E-state index in [0.29, 0.717) is 24.5 Å². The summed E-state index contributed by atoms with van der Waals surface area (Å²) in [6.45, 7) is 5.38. The Morgan fingerprint density at radius 2 is 2.17 bits per heavy atom. The van der Waals surface area contributed by atoms with E-state index >= 15 is 0 Å². The lowest BCUT2D eigenvalue weighted by Gasteiger charge is -2.07. The summed E-state index contributed by atoms with van der Waals surface area (Å²) in [5.74, 6) is 0. The number of sulfonamides is 1. The summed E-state index contributed by atoms with van der Waals surface area (Å²) in [7, 11) is -2.02. The molecule has 0 bridgehead atoms. The molecule has 1 rings (SSSR count). The Labute approximate surface area is 107 Å². The van der Waals surface area contributed by atoms with Crippen LogP contribution in [0, 0.1) is 6.92 Å². The maximum absolute atomic E-state index is 12.1. The number of rotatable bonds is 8. The highest BCUT2D eigenvalue weighted by atomic mass is 32.2. The van der Waals surface area contributed by atoms with Crippen LogP contribution in [-0.4, -0.2) is 45.4 Å². The molecule has 0 atom stereocenters. The molecule has 0 aliphatic carbocycles. The van der Waals surface area contributed by atoms with Crippen LogP contribution in [0.2, 0.25) is 0 Å². The number of ether oxygens (including phenoxy) is 1. The molecule has 0 amide bonds. The Morgan fingerprint density at radius 1 is 1.44 bits per heavy atom. The van der Waals surface area contributed by atoms with Crippen LogP contribution in [0.5, 0.6) is 0 Å². The van der Waals surface area contributed by atoms with Gasteiger partial charge >= 0.3 is 0 Å². The first kappa shape index (κ1) is 15.1. The molecular weight excluding hydrogens is 256 g/mol. The highest BCUT2D eigenvalue weighted by Crippen LogP contribution is 2.17. The molecule has 0 radical (unpaired) electrons. The van der Waals surface area contributed by atoms with Crippen LogP contribution >= 0.6 is 0 Å². The summed E-state index contributed by atoms with van der Waals surface area (Å²) in [5.41, 5.74) is 1.03. The van der Waals surface area contributed by atoms with Gasteiger partial charge in [-0.3, -0.25) is 5.10 Å². The molecule has 1 aromatic heterocycles. The minimum atomic E-state index is -3.54. The van der Waals surface area contributed by atoms with Gasteiger partial charge in [-0.25, -0.2) is 13.1 Å². The summed E-state index contributed by atoms with van der Waals surface area (Å²) >= 11 is 0. The third-order valence-electron chi connectivity index (χ3n) is 2.37. The highest BCUT2D eigenvalue weighted by molar-refractivity contribution is 7.89. The van der Waals surface area contributed by atoms with Crippen molar-refractivity contribution in [3.05, 3.63) is 11.4 Å². The summed E-state index contributed by atoms with van der Waals surface area (Å²) < 4.78 is 31.5. The van der Waals surface area contributed by atoms with Gasteiger partial charge in [0, 0.05) is 20.2 Å². The largest absolute Gasteiger partial charge is 0.383 e. The lowest BCUT2D eigenvalue weighted by atomic mass is 10.3. The maximum Gasteiger partial charge on any atom is 0.244 e. The van der Waals surface area contributed by atoms with Gasteiger partial charge in [0.25, 0.3) is 0 Å². The lowest BCUT2D eigenvalue weighted by molar-refractivity contribution is 0.204. The Kier molecular flexibility index (Phi) is 5.73. The zero-order chi connectivity index (χ0) is 13.6. The minimum Gasteiger partial charge on any atom is -0.383 e. The fourth-order valence-electron chi connectivity index (χ4n) is 1.54. The van der Waals surface area contributed by atoms with Crippen LogP contribution in [0.15, 0.2) is 4.90 Å². The van der Waals surface area contributed by atoms with Gasteiger partial charge in [-0.1, -0.05) is 6.92 Å². The molecule has 104 valence electrons. The first-order valence-electron chi connectivity index (χ1n) is 5.76. The van der Waals surface area contributed by atoms with Crippen molar-refractivity contribution in [2.24, 2.45) is 0 Å². The molecule has 0 saturated heterocycles. The number of hydrogen-bond acceptors (Lipinski definition) is 5. The quantitative estimate of drug-likeness (QED) is 0.569. The van der Waals surface area contributed by atoms with Gasteiger partial charge in [-0.15, -0.1) is 0 Å². The molecule has 3 N–H and O–H groups in total. The maximum atomic E-state index is 12.1. The van der Waals surface area contributed by atoms with Gasteiger partial charge in [0.2, 0.25) is 10.0 Å². The smallest absolute Gasteiger partial charge is 0.244 e. The molecule has 0 aliphatic heterocycles. The summed E-state index contributed by atoms with van der Waals surface area (Å²) in [6.07, 6.45) is 0. The normalized spacial score (nSPS) is 11.9. The summed E-state index contributed by atoms with van der Waals surface area (Å²) in [5, 5.41) is 9.77.